The summed E-state index contributed by atoms with van der Waals surface area (Å²) in [5.41, 5.74) is 2.28. The fourth-order valence-corrected chi connectivity index (χ4v) is 4.16. The van der Waals surface area contributed by atoms with Crippen molar-refractivity contribution < 1.29 is 0 Å². The molecule has 0 radical (unpaired) electrons. The molecule has 0 N–H and O–H groups in total. The van der Waals surface area contributed by atoms with Crippen molar-refractivity contribution in [3.63, 3.8) is 0 Å². The van der Waals surface area contributed by atoms with E-state index in [0.717, 1.165) is 24.2 Å². The van der Waals surface area contributed by atoms with E-state index in [2.05, 4.69) is 69.8 Å². The predicted molar refractivity (Wildman–Crippen MR) is 99.6 cm³/mol. The van der Waals surface area contributed by atoms with Gasteiger partial charge in [-0.15, -0.1) is 22.9 Å². The number of aromatic nitrogens is 2. The largest absolute Gasteiger partial charge is 0.325 e. The monoisotopic (exact) mass is 430 g/mol. The third kappa shape index (κ3) is 3.27. The minimum Gasteiger partial charge on any atom is -0.325 e. The lowest BCUT2D eigenvalue weighted by molar-refractivity contribution is 0.541. The first kappa shape index (κ1) is 15.3. The fourth-order valence-electron chi connectivity index (χ4n) is 2.69. The van der Waals surface area contributed by atoms with Crippen LogP contribution in [-0.4, -0.2) is 15.4 Å². The molecule has 0 bridgehead atoms. The van der Waals surface area contributed by atoms with Crippen molar-refractivity contribution in [1.29, 1.82) is 0 Å². The molecule has 3 aromatic rings. The zero-order chi connectivity index (χ0) is 14.8. The maximum Gasteiger partial charge on any atom is 0.111 e. The van der Waals surface area contributed by atoms with Gasteiger partial charge >= 0.3 is 0 Å². The van der Waals surface area contributed by atoms with Gasteiger partial charge in [0.25, 0.3) is 0 Å². The first-order valence-electron chi connectivity index (χ1n) is 6.93. The summed E-state index contributed by atoms with van der Waals surface area (Å²) in [7, 11) is 0. The zero-order valence-corrected chi connectivity index (χ0v) is 15.5. The molecule has 21 heavy (non-hydrogen) atoms. The maximum absolute atomic E-state index is 5.96. The lowest BCUT2D eigenvalue weighted by atomic mass is 10.2. The van der Waals surface area contributed by atoms with Crippen molar-refractivity contribution >= 4 is 56.6 Å². The highest BCUT2D eigenvalue weighted by atomic mass is 127. The Morgan fingerprint density at radius 1 is 1.38 bits per heavy atom. The molecule has 0 fully saturated rings. The van der Waals surface area contributed by atoms with E-state index < -0.39 is 0 Å². The van der Waals surface area contributed by atoms with E-state index in [1.54, 1.807) is 0 Å². The van der Waals surface area contributed by atoms with Crippen LogP contribution in [0, 0.1) is 3.57 Å². The van der Waals surface area contributed by atoms with Crippen molar-refractivity contribution in [1.82, 2.24) is 9.55 Å². The molecule has 2 heterocycles. The van der Waals surface area contributed by atoms with Crippen molar-refractivity contribution in [2.45, 2.75) is 25.8 Å². The second-order valence-corrected chi connectivity index (χ2v) is 7.76. The summed E-state index contributed by atoms with van der Waals surface area (Å²) in [6, 6.07) is 11.1. The second kappa shape index (κ2) is 6.67. The summed E-state index contributed by atoms with van der Waals surface area (Å²) in [6.07, 6.45) is 1.84. The van der Waals surface area contributed by atoms with E-state index in [-0.39, 0.29) is 0 Å². The fraction of sp³-hybridized carbons (Fsp3) is 0.312. The summed E-state index contributed by atoms with van der Waals surface area (Å²) >= 11 is 10.1. The van der Waals surface area contributed by atoms with E-state index in [1.165, 1.54) is 14.0 Å². The minimum absolute atomic E-state index is 0.381. The summed E-state index contributed by atoms with van der Waals surface area (Å²) in [6.45, 7) is 2.26. The van der Waals surface area contributed by atoms with E-state index in [0.29, 0.717) is 11.9 Å². The second-order valence-electron chi connectivity index (χ2n) is 5.10. The molecule has 110 valence electrons. The van der Waals surface area contributed by atoms with Gasteiger partial charge in [0.15, 0.2) is 0 Å². The topological polar surface area (TPSA) is 17.8 Å². The molecule has 0 saturated carbocycles. The Morgan fingerprint density at radius 3 is 2.95 bits per heavy atom. The van der Waals surface area contributed by atoms with E-state index >= 15 is 0 Å². The normalized spacial score (nSPS) is 12.9. The number of nitrogens with zero attached hydrogens (tertiary/aromatic N) is 2. The molecule has 2 nitrogen and oxygen atoms in total. The minimum atomic E-state index is 0.381. The highest BCUT2D eigenvalue weighted by molar-refractivity contribution is 14.1. The highest BCUT2D eigenvalue weighted by Gasteiger charge is 2.16. The van der Waals surface area contributed by atoms with Crippen LogP contribution in [0.2, 0.25) is 0 Å². The number of hydrogen-bond donors (Lipinski definition) is 0. The summed E-state index contributed by atoms with van der Waals surface area (Å²) < 4.78 is 3.57. The lowest BCUT2D eigenvalue weighted by Gasteiger charge is -2.17. The van der Waals surface area contributed by atoms with Crippen LogP contribution < -0.4 is 0 Å². The Labute approximate surface area is 147 Å². The van der Waals surface area contributed by atoms with Crippen molar-refractivity contribution in [2.75, 3.05) is 5.88 Å². The van der Waals surface area contributed by atoms with E-state index in [1.807, 2.05) is 11.3 Å². The van der Waals surface area contributed by atoms with Gasteiger partial charge in [-0.1, -0.05) is 6.07 Å². The Bertz CT molecular complexity index is 736. The van der Waals surface area contributed by atoms with Crippen LogP contribution in [-0.2, 0) is 12.8 Å². The molecular formula is C16H16ClIN2S. The first-order valence-corrected chi connectivity index (χ1v) is 9.43. The van der Waals surface area contributed by atoms with Crippen LogP contribution in [0.15, 0.2) is 35.7 Å². The van der Waals surface area contributed by atoms with Crippen molar-refractivity contribution in [3.8, 4) is 0 Å². The number of rotatable bonds is 5. The number of alkyl halides is 1. The Hall–Kier alpha value is -0.590. The van der Waals surface area contributed by atoms with Crippen molar-refractivity contribution in [3.05, 3.63) is 50.0 Å². The number of thiophene rings is 1. The number of benzene rings is 1. The Kier molecular flexibility index (Phi) is 4.86. The Morgan fingerprint density at radius 2 is 2.24 bits per heavy atom. The summed E-state index contributed by atoms with van der Waals surface area (Å²) in [5.74, 6) is 1.69. The van der Waals surface area contributed by atoms with Gasteiger partial charge in [-0.2, -0.15) is 0 Å². The summed E-state index contributed by atoms with van der Waals surface area (Å²) in [5, 5.41) is 2.14. The number of imidazole rings is 1. The maximum atomic E-state index is 5.96. The first-order chi connectivity index (χ1) is 10.2. The van der Waals surface area contributed by atoms with Gasteiger partial charge in [-0.3, -0.25) is 0 Å². The number of aryl methyl sites for hydroxylation is 1. The molecule has 3 rings (SSSR count). The smallest absolute Gasteiger partial charge is 0.111 e. The molecule has 5 heteroatoms. The SMILES string of the molecule is CC(Cc1cccs1)n1c(CCCl)nc2cc(I)ccc21. The molecule has 0 saturated heterocycles. The van der Waals surface area contributed by atoms with E-state index in [4.69, 9.17) is 16.6 Å². The van der Waals surface area contributed by atoms with Gasteiger partial charge < -0.3 is 4.57 Å². The van der Waals surface area contributed by atoms with Crippen LogP contribution in [0.3, 0.4) is 0 Å². The van der Waals surface area contributed by atoms with Crippen LogP contribution in [0.25, 0.3) is 11.0 Å². The average Bonchev–Trinajstić information content (AvgIpc) is 3.05. The van der Waals surface area contributed by atoms with Gasteiger partial charge in [0.1, 0.15) is 5.82 Å². The van der Waals surface area contributed by atoms with Crippen molar-refractivity contribution in [2.24, 2.45) is 0 Å². The molecular weight excluding hydrogens is 415 g/mol. The zero-order valence-electron chi connectivity index (χ0n) is 11.7. The predicted octanol–water partition coefficient (Wildman–Crippen LogP) is 5.29. The summed E-state index contributed by atoms with van der Waals surface area (Å²) in [4.78, 5) is 6.20. The highest BCUT2D eigenvalue weighted by Crippen LogP contribution is 2.26. The molecule has 0 amide bonds. The molecule has 0 aliphatic rings. The van der Waals surface area contributed by atoms with Gasteiger partial charge in [-0.05, 0) is 59.2 Å². The number of fused-ring (bicyclic) bond motifs is 1. The number of halogens is 2. The third-order valence-corrected chi connectivity index (χ3v) is 5.32. The van der Waals surface area contributed by atoms with Crippen LogP contribution in [0.4, 0.5) is 0 Å². The van der Waals surface area contributed by atoms with Crippen LogP contribution in [0.5, 0.6) is 0 Å². The molecule has 0 spiro atoms. The molecule has 1 unspecified atom stereocenters. The van der Waals surface area contributed by atoms with Gasteiger partial charge in [0.2, 0.25) is 0 Å². The number of hydrogen-bond acceptors (Lipinski definition) is 2. The lowest BCUT2D eigenvalue weighted by Crippen LogP contribution is -2.12. The average molecular weight is 431 g/mol. The molecule has 2 aromatic heterocycles. The van der Waals surface area contributed by atoms with E-state index in [9.17, 15) is 0 Å². The van der Waals surface area contributed by atoms with Crippen LogP contribution >= 0.6 is 45.5 Å². The Balaban J connectivity index is 2.03. The van der Waals surface area contributed by atoms with Gasteiger partial charge in [0, 0.05) is 33.2 Å². The molecule has 1 aromatic carbocycles. The van der Waals surface area contributed by atoms with Gasteiger partial charge in [-0.25, -0.2) is 4.98 Å². The van der Waals surface area contributed by atoms with Crippen LogP contribution in [0.1, 0.15) is 23.7 Å². The third-order valence-electron chi connectivity index (χ3n) is 3.56. The standard InChI is InChI=1S/C16H16ClIN2S/c1-11(9-13-3-2-8-21-13)20-15-5-4-12(18)10-14(15)19-16(20)6-7-17/h2-5,8,10-11H,6-7,9H2,1H3. The quantitative estimate of drug-likeness (QED) is 0.397. The molecule has 0 aliphatic heterocycles. The molecule has 1 atom stereocenters. The van der Waals surface area contributed by atoms with Gasteiger partial charge in [0.05, 0.1) is 11.0 Å². The molecule has 0 aliphatic carbocycles.